The van der Waals surface area contributed by atoms with E-state index < -0.39 is 12.0 Å². The van der Waals surface area contributed by atoms with E-state index in [9.17, 15) is 13.2 Å². The van der Waals surface area contributed by atoms with E-state index in [-0.39, 0.29) is 17.7 Å². The molecule has 9 heteroatoms. The third-order valence-electron chi connectivity index (χ3n) is 2.74. The number of nitrogen functional groups attached to an aromatic ring is 1. The number of aromatic nitrogens is 2. The normalized spacial score (nSPS) is 13.0. The summed E-state index contributed by atoms with van der Waals surface area (Å²) in [5, 5.41) is 4.89. The van der Waals surface area contributed by atoms with E-state index in [1.54, 1.807) is 0 Å². The van der Waals surface area contributed by atoms with Crippen LogP contribution in [0.25, 0.3) is 0 Å². The van der Waals surface area contributed by atoms with Crippen LogP contribution >= 0.6 is 11.3 Å². The van der Waals surface area contributed by atoms with Gasteiger partial charge in [0.15, 0.2) is 0 Å². The SMILES string of the molecule is CCC(Nc1cc(NN)nc(C(F)(F)F)n1)c1cccs1. The van der Waals surface area contributed by atoms with Crippen LogP contribution in [-0.2, 0) is 6.18 Å². The maximum atomic E-state index is 12.8. The largest absolute Gasteiger partial charge is 0.451 e. The van der Waals surface area contributed by atoms with E-state index in [2.05, 4.69) is 20.7 Å². The van der Waals surface area contributed by atoms with Crippen LogP contribution in [-0.4, -0.2) is 9.97 Å². The summed E-state index contributed by atoms with van der Waals surface area (Å²) in [7, 11) is 0. The molecule has 0 aliphatic carbocycles. The summed E-state index contributed by atoms with van der Waals surface area (Å²) in [6, 6.07) is 5.02. The number of anilines is 2. The first kappa shape index (κ1) is 15.5. The van der Waals surface area contributed by atoms with Crippen LogP contribution in [0.1, 0.15) is 30.1 Å². The zero-order chi connectivity index (χ0) is 15.5. The molecule has 0 saturated carbocycles. The second-order valence-corrected chi connectivity index (χ2v) is 5.20. The first-order valence-electron chi connectivity index (χ1n) is 6.17. The Labute approximate surface area is 123 Å². The Kier molecular flexibility index (Phi) is 4.63. The first-order chi connectivity index (χ1) is 9.94. The molecule has 2 heterocycles. The summed E-state index contributed by atoms with van der Waals surface area (Å²) in [5.74, 6) is 3.90. The molecule has 21 heavy (non-hydrogen) atoms. The Bertz CT molecular complexity index is 585. The van der Waals surface area contributed by atoms with Crippen LogP contribution in [0.4, 0.5) is 24.8 Å². The lowest BCUT2D eigenvalue weighted by atomic mass is 10.2. The van der Waals surface area contributed by atoms with Crippen LogP contribution in [0.2, 0.25) is 0 Å². The highest BCUT2D eigenvalue weighted by Gasteiger charge is 2.35. The van der Waals surface area contributed by atoms with Gasteiger partial charge in [-0.2, -0.15) is 13.2 Å². The molecule has 2 aromatic rings. The molecular formula is C12H14F3N5S. The van der Waals surface area contributed by atoms with Gasteiger partial charge >= 0.3 is 6.18 Å². The van der Waals surface area contributed by atoms with Gasteiger partial charge in [-0.15, -0.1) is 11.3 Å². The van der Waals surface area contributed by atoms with E-state index in [0.29, 0.717) is 6.42 Å². The summed E-state index contributed by atoms with van der Waals surface area (Å²) < 4.78 is 38.3. The van der Waals surface area contributed by atoms with E-state index in [1.807, 2.05) is 24.4 Å². The lowest BCUT2D eigenvalue weighted by molar-refractivity contribution is -0.144. The van der Waals surface area contributed by atoms with Crippen molar-refractivity contribution in [3.8, 4) is 0 Å². The molecule has 0 radical (unpaired) electrons. The molecule has 0 fully saturated rings. The second kappa shape index (κ2) is 6.27. The molecule has 2 aromatic heterocycles. The highest BCUT2D eigenvalue weighted by Crippen LogP contribution is 2.30. The van der Waals surface area contributed by atoms with Gasteiger partial charge in [-0.3, -0.25) is 0 Å². The lowest BCUT2D eigenvalue weighted by Crippen LogP contribution is -2.18. The van der Waals surface area contributed by atoms with Gasteiger partial charge in [0, 0.05) is 10.9 Å². The van der Waals surface area contributed by atoms with Gasteiger partial charge in [0.25, 0.3) is 0 Å². The fraction of sp³-hybridized carbons (Fsp3) is 0.333. The average Bonchev–Trinajstić information content (AvgIpc) is 2.97. The first-order valence-corrected chi connectivity index (χ1v) is 7.04. The molecule has 0 aliphatic rings. The standard InChI is InChI=1S/C12H14F3N5S/c1-2-7(8-4-3-5-21-8)17-9-6-10(20-16)19-11(18-9)12(13,14)15/h3-7H,2,16H2,1H3,(H2,17,18,19,20). The molecule has 0 saturated heterocycles. The van der Waals surface area contributed by atoms with Crippen molar-refractivity contribution in [1.82, 2.24) is 9.97 Å². The van der Waals surface area contributed by atoms with Crippen molar-refractivity contribution in [2.24, 2.45) is 5.84 Å². The Morgan fingerprint density at radius 3 is 2.57 bits per heavy atom. The lowest BCUT2D eigenvalue weighted by Gasteiger charge is -2.17. The van der Waals surface area contributed by atoms with E-state index >= 15 is 0 Å². The van der Waals surface area contributed by atoms with Gasteiger partial charge in [-0.25, -0.2) is 15.8 Å². The van der Waals surface area contributed by atoms with Crippen molar-refractivity contribution in [3.05, 3.63) is 34.3 Å². The van der Waals surface area contributed by atoms with Gasteiger partial charge < -0.3 is 10.7 Å². The number of hydrazine groups is 1. The van der Waals surface area contributed by atoms with Crippen LogP contribution in [0, 0.1) is 0 Å². The predicted octanol–water partition coefficient (Wildman–Crippen LogP) is 3.41. The quantitative estimate of drug-likeness (QED) is 0.582. The van der Waals surface area contributed by atoms with Crippen LogP contribution < -0.4 is 16.6 Å². The van der Waals surface area contributed by atoms with Crippen molar-refractivity contribution in [1.29, 1.82) is 0 Å². The minimum Gasteiger partial charge on any atom is -0.362 e. The number of hydrogen-bond donors (Lipinski definition) is 3. The van der Waals surface area contributed by atoms with E-state index in [1.165, 1.54) is 17.4 Å². The van der Waals surface area contributed by atoms with Crippen molar-refractivity contribution in [2.45, 2.75) is 25.6 Å². The maximum absolute atomic E-state index is 12.8. The molecule has 114 valence electrons. The van der Waals surface area contributed by atoms with E-state index in [0.717, 1.165) is 4.88 Å². The highest BCUT2D eigenvalue weighted by molar-refractivity contribution is 7.10. The Balaban J connectivity index is 2.30. The summed E-state index contributed by atoms with van der Waals surface area (Å²) in [4.78, 5) is 7.84. The molecule has 1 atom stereocenters. The molecule has 1 unspecified atom stereocenters. The average molecular weight is 317 g/mol. The molecule has 0 amide bonds. The number of thiophene rings is 1. The zero-order valence-corrected chi connectivity index (χ0v) is 11.9. The summed E-state index contributed by atoms with van der Waals surface area (Å²) in [5.41, 5.74) is 2.12. The molecule has 0 bridgehead atoms. The second-order valence-electron chi connectivity index (χ2n) is 4.22. The number of nitrogens with zero attached hydrogens (tertiary/aromatic N) is 2. The zero-order valence-electron chi connectivity index (χ0n) is 11.1. The molecule has 0 aromatic carbocycles. The minimum absolute atomic E-state index is 0.0746. The minimum atomic E-state index is -4.63. The molecule has 5 nitrogen and oxygen atoms in total. The molecule has 0 aliphatic heterocycles. The smallest absolute Gasteiger partial charge is 0.362 e. The van der Waals surface area contributed by atoms with Crippen LogP contribution in [0.5, 0.6) is 0 Å². The van der Waals surface area contributed by atoms with Crippen molar-refractivity contribution < 1.29 is 13.2 Å². The Morgan fingerprint density at radius 2 is 2.05 bits per heavy atom. The monoisotopic (exact) mass is 317 g/mol. The van der Waals surface area contributed by atoms with Gasteiger partial charge in [0.1, 0.15) is 11.6 Å². The van der Waals surface area contributed by atoms with Crippen molar-refractivity contribution in [2.75, 3.05) is 10.7 Å². The number of alkyl halides is 3. The maximum Gasteiger partial charge on any atom is 0.451 e. The highest BCUT2D eigenvalue weighted by atomic mass is 32.1. The topological polar surface area (TPSA) is 75.9 Å². The Hall–Kier alpha value is -1.87. The third-order valence-corrected chi connectivity index (χ3v) is 3.73. The van der Waals surface area contributed by atoms with Crippen molar-refractivity contribution >= 4 is 23.0 Å². The third kappa shape index (κ3) is 3.82. The van der Waals surface area contributed by atoms with Gasteiger partial charge in [-0.05, 0) is 17.9 Å². The van der Waals surface area contributed by atoms with Gasteiger partial charge in [-0.1, -0.05) is 13.0 Å². The molecule has 2 rings (SSSR count). The number of hydrogen-bond acceptors (Lipinski definition) is 6. The molecular weight excluding hydrogens is 303 g/mol. The van der Waals surface area contributed by atoms with Crippen LogP contribution in [0.3, 0.4) is 0 Å². The van der Waals surface area contributed by atoms with Gasteiger partial charge in [0.2, 0.25) is 5.82 Å². The number of halogens is 3. The Morgan fingerprint density at radius 1 is 1.33 bits per heavy atom. The fourth-order valence-corrected chi connectivity index (χ4v) is 2.63. The predicted molar refractivity (Wildman–Crippen MR) is 75.8 cm³/mol. The number of rotatable bonds is 5. The summed E-state index contributed by atoms with van der Waals surface area (Å²) in [6.45, 7) is 1.94. The van der Waals surface area contributed by atoms with E-state index in [4.69, 9.17) is 5.84 Å². The molecule has 4 N–H and O–H groups in total. The fourth-order valence-electron chi connectivity index (χ4n) is 1.76. The summed E-state index contributed by atoms with van der Waals surface area (Å²) in [6.07, 6.45) is -3.93. The summed E-state index contributed by atoms with van der Waals surface area (Å²) >= 11 is 1.53. The van der Waals surface area contributed by atoms with Crippen LogP contribution in [0.15, 0.2) is 23.6 Å². The van der Waals surface area contributed by atoms with Gasteiger partial charge in [0.05, 0.1) is 6.04 Å². The van der Waals surface area contributed by atoms with Crippen molar-refractivity contribution in [3.63, 3.8) is 0 Å². The number of nitrogens with one attached hydrogen (secondary N) is 2. The molecule has 0 spiro atoms. The number of nitrogens with two attached hydrogens (primary N) is 1.